The normalized spacial score (nSPS) is 12.7. The molecule has 368 valence electrons. The smallest absolute Gasteiger partial charge is 0.306 e. The molecule has 0 fully saturated rings. The summed E-state index contributed by atoms with van der Waals surface area (Å²) in [4.78, 5) is 36.9. The summed E-state index contributed by atoms with van der Waals surface area (Å²) in [6.07, 6.45) is 46.2. The van der Waals surface area contributed by atoms with Crippen LogP contribution in [-0.2, 0) is 33.3 Å². The zero-order valence-corrected chi connectivity index (χ0v) is 41.8. The number of esters is 2. The first-order valence-corrected chi connectivity index (χ1v) is 26.7. The minimum absolute atomic E-state index is 0.152. The molecule has 62 heavy (non-hydrogen) atoms. The van der Waals surface area contributed by atoms with Gasteiger partial charge in [-0.1, -0.05) is 239 Å². The van der Waals surface area contributed by atoms with Gasteiger partial charge in [-0.3, -0.25) is 9.59 Å². The number of carbonyl (C=O) groups excluding carboxylic acids is 3. The number of unbranched alkanes of at least 4 members (excludes halogenated alkanes) is 35. The summed E-state index contributed by atoms with van der Waals surface area (Å²) in [5, 5.41) is 11.7. The lowest BCUT2D eigenvalue weighted by atomic mass is 10.0. The molecule has 0 amide bonds. The molecule has 9 nitrogen and oxygen atoms in total. The molecule has 0 rings (SSSR count). The highest BCUT2D eigenvalue weighted by Gasteiger charge is 2.22. The van der Waals surface area contributed by atoms with Crippen molar-refractivity contribution in [2.45, 2.75) is 277 Å². The van der Waals surface area contributed by atoms with Gasteiger partial charge in [0, 0.05) is 12.8 Å². The second-order valence-electron chi connectivity index (χ2n) is 19.5. The van der Waals surface area contributed by atoms with E-state index in [0.717, 1.165) is 38.5 Å². The lowest BCUT2D eigenvalue weighted by molar-refractivity contribution is -0.870. The van der Waals surface area contributed by atoms with E-state index in [1.54, 1.807) is 0 Å². The number of likely N-dealkylation sites (N-methyl/N-ethyl adjacent to an activating group) is 1. The number of aliphatic carboxylic acids is 1. The fourth-order valence-electron chi connectivity index (χ4n) is 7.95. The van der Waals surface area contributed by atoms with Crippen LogP contribution in [-0.4, -0.2) is 82.3 Å². The largest absolute Gasteiger partial charge is 0.545 e. The van der Waals surface area contributed by atoms with Gasteiger partial charge >= 0.3 is 11.9 Å². The number of carboxylic acids is 1. The van der Waals surface area contributed by atoms with E-state index in [-0.39, 0.29) is 32.2 Å². The fraction of sp³-hybridized carbons (Fsp3) is 0.943. The zero-order valence-electron chi connectivity index (χ0n) is 41.8. The van der Waals surface area contributed by atoms with E-state index in [1.165, 1.54) is 199 Å². The molecule has 0 heterocycles. The average Bonchev–Trinajstić information content (AvgIpc) is 3.23. The van der Waals surface area contributed by atoms with E-state index >= 15 is 0 Å². The molecule has 0 aliphatic carbocycles. The lowest BCUT2D eigenvalue weighted by Gasteiger charge is -2.26. The molecule has 0 aromatic rings. The lowest BCUT2D eigenvalue weighted by Crippen LogP contribution is -2.44. The van der Waals surface area contributed by atoms with Crippen molar-refractivity contribution in [2.75, 3.05) is 47.5 Å². The number of ether oxygens (including phenoxy) is 4. The van der Waals surface area contributed by atoms with E-state index in [4.69, 9.17) is 18.9 Å². The van der Waals surface area contributed by atoms with Gasteiger partial charge in [-0.2, -0.15) is 0 Å². The second kappa shape index (κ2) is 45.8. The van der Waals surface area contributed by atoms with Crippen LogP contribution < -0.4 is 5.11 Å². The first kappa shape index (κ1) is 60.3. The minimum Gasteiger partial charge on any atom is -0.545 e. The molecule has 0 aromatic carbocycles. The SMILES string of the molecule is CCCCCCCCCCCCCCCCCCCCCCCCCCCCCCCCC(=O)OC(COC(=O)CCCCCCCCC)COC(OCC[N+](C)(C)C)C(=O)[O-]. The van der Waals surface area contributed by atoms with Gasteiger partial charge in [0.25, 0.3) is 0 Å². The van der Waals surface area contributed by atoms with Gasteiger partial charge in [-0.15, -0.1) is 0 Å². The van der Waals surface area contributed by atoms with Crippen molar-refractivity contribution in [1.29, 1.82) is 0 Å². The molecule has 0 bridgehead atoms. The van der Waals surface area contributed by atoms with Gasteiger partial charge in [0.15, 0.2) is 12.4 Å². The number of rotatable bonds is 50. The molecule has 2 unspecified atom stereocenters. The third kappa shape index (κ3) is 46.3. The molecule has 0 aliphatic rings. The highest BCUT2D eigenvalue weighted by molar-refractivity contribution is 5.70. The van der Waals surface area contributed by atoms with Crippen LogP contribution in [0.15, 0.2) is 0 Å². The van der Waals surface area contributed by atoms with Crippen molar-refractivity contribution in [3.05, 3.63) is 0 Å². The minimum atomic E-state index is -1.61. The summed E-state index contributed by atoms with van der Waals surface area (Å²) in [7, 11) is 5.92. The van der Waals surface area contributed by atoms with Crippen molar-refractivity contribution in [2.24, 2.45) is 0 Å². The van der Waals surface area contributed by atoms with Crippen molar-refractivity contribution in [3.8, 4) is 0 Å². The summed E-state index contributed by atoms with van der Waals surface area (Å²) in [6.45, 7) is 4.73. The third-order valence-corrected chi connectivity index (χ3v) is 12.1. The van der Waals surface area contributed by atoms with Crippen LogP contribution in [0.1, 0.15) is 264 Å². The topological polar surface area (TPSA) is 111 Å². The summed E-state index contributed by atoms with van der Waals surface area (Å²) in [6, 6.07) is 0. The summed E-state index contributed by atoms with van der Waals surface area (Å²) in [5.41, 5.74) is 0. The van der Waals surface area contributed by atoms with E-state index < -0.39 is 24.3 Å². The van der Waals surface area contributed by atoms with Gasteiger partial charge in [0.1, 0.15) is 13.2 Å². The maximum absolute atomic E-state index is 12.8. The molecule has 2 atom stereocenters. The monoisotopic (exact) mass is 882 g/mol. The molecule has 0 aliphatic heterocycles. The standard InChI is InChI=1S/C53H103NO8/c1-6-8-10-12-14-15-16-17-18-19-20-21-22-23-24-25-26-27-28-29-30-31-32-33-34-35-36-38-40-42-44-51(56)62-49(47-60-50(55)43-41-39-37-13-11-9-7-2)48-61-53(52(57)58)59-46-45-54(3,4)5/h49,53H,6-48H2,1-5H3. The molecule has 0 spiro atoms. The Morgan fingerprint density at radius 2 is 0.726 bits per heavy atom. The molecule has 9 heteroatoms. The Hall–Kier alpha value is -1.71. The average molecular weight is 882 g/mol. The summed E-state index contributed by atoms with van der Waals surface area (Å²) in [5.74, 6) is -2.27. The van der Waals surface area contributed by atoms with E-state index in [1.807, 2.05) is 21.1 Å². The second-order valence-corrected chi connectivity index (χ2v) is 19.5. The predicted molar refractivity (Wildman–Crippen MR) is 256 cm³/mol. The van der Waals surface area contributed by atoms with Gasteiger partial charge in [-0.25, -0.2) is 0 Å². The Morgan fingerprint density at radius 3 is 1.03 bits per heavy atom. The third-order valence-electron chi connectivity index (χ3n) is 12.1. The molecular weight excluding hydrogens is 779 g/mol. The van der Waals surface area contributed by atoms with Crippen LogP contribution in [0.4, 0.5) is 0 Å². The maximum Gasteiger partial charge on any atom is 0.306 e. The quantitative estimate of drug-likeness (QED) is 0.0257. The Labute approximate surface area is 383 Å². The van der Waals surface area contributed by atoms with Crippen LogP contribution in [0, 0.1) is 0 Å². The Kier molecular flexibility index (Phi) is 44.6. The predicted octanol–water partition coefficient (Wildman–Crippen LogP) is 13.5. The molecule has 0 saturated heterocycles. The molecular formula is C53H103NO8. The highest BCUT2D eigenvalue weighted by atomic mass is 16.7. The van der Waals surface area contributed by atoms with Gasteiger partial charge in [0.05, 0.1) is 40.3 Å². The Balaban J connectivity index is 3.95. The van der Waals surface area contributed by atoms with Crippen LogP contribution in [0.5, 0.6) is 0 Å². The molecule has 0 radical (unpaired) electrons. The first-order valence-electron chi connectivity index (χ1n) is 26.7. The number of carbonyl (C=O) groups is 3. The summed E-state index contributed by atoms with van der Waals surface area (Å²) < 4.78 is 22.5. The van der Waals surface area contributed by atoms with Crippen molar-refractivity contribution >= 4 is 17.9 Å². The number of hydrogen-bond donors (Lipinski definition) is 0. The van der Waals surface area contributed by atoms with Crippen molar-refractivity contribution in [3.63, 3.8) is 0 Å². The van der Waals surface area contributed by atoms with Crippen molar-refractivity contribution < 1.29 is 42.9 Å². The molecule has 0 N–H and O–H groups in total. The van der Waals surface area contributed by atoms with E-state index in [9.17, 15) is 19.5 Å². The van der Waals surface area contributed by atoms with Crippen LogP contribution in [0.25, 0.3) is 0 Å². The first-order chi connectivity index (χ1) is 30.1. The van der Waals surface area contributed by atoms with Gasteiger partial charge in [-0.05, 0) is 12.8 Å². The fourth-order valence-corrected chi connectivity index (χ4v) is 7.95. The van der Waals surface area contributed by atoms with E-state index in [0.29, 0.717) is 17.4 Å². The number of carboxylic acid groups (broad SMARTS) is 1. The molecule has 0 saturated carbocycles. The number of quaternary nitrogens is 1. The van der Waals surface area contributed by atoms with Gasteiger partial charge in [0.2, 0.25) is 0 Å². The zero-order chi connectivity index (χ0) is 45.6. The Morgan fingerprint density at radius 1 is 0.419 bits per heavy atom. The van der Waals surface area contributed by atoms with Crippen LogP contribution >= 0.6 is 0 Å². The van der Waals surface area contributed by atoms with Crippen molar-refractivity contribution in [1.82, 2.24) is 0 Å². The number of nitrogens with zero attached hydrogens (tertiary/aromatic N) is 1. The number of hydrogen-bond acceptors (Lipinski definition) is 8. The van der Waals surface area contributed by atoms with Gasteiger partial charge < -0.3 is 33.3 Å². The van der Waals surface area contributed by atoms with Crippen LogP contribution in [0.3, 0.4) is 0 Å². The highest BCUT2D eigenvalue weighted by Crippen LogP contribution is 2.17. The van der Waals surface area contributed by atoms with Crippen LogP contribution in [0.2, 0.25) is 0 Å². The Bertz CT molecular complexity index is 985. The summed E-state index contributed by atoms with van der Waals surface area (Å²) >= 11 is 0. The van der Waals surface area contributed by atoms with E-state index in [2.05, 4.69) is 13.8 Å². The molecule has 0 aromatic heterocycles. The maximum atomic E-state index is 12.8.